The van der Waals surface area contributed by atoms with Crippen molar-refractivity contribution in [3.05, 3.63) is 81.8 Å². The average molecular weight is 434 g/mol. The lowest BCUT2D eigenvalue weighted by molar-refractivity contribution is 0.0957. The Morgan fingerprint density at radius 3 is 2.81 bits per heavy atom. The molecule has 0 bridgehead atoms. The molecule has 5 nitrogen and oxygen atoms in total. The summed E-state index contributed by atoms with van der Waals surface area (Å²) in [6, 6.07) is 18.2. The number of aromatic nitrogens is 2. The number of benzene rings is 2. The Balaban J connectivity index is 1.39. The zero-order valence-electron chi connectivity index (χ0n) is 17.9. The van der Waals surface area contributed by atoms with Gasteiger partial charge in [0.25, 0.3) is 5.91 Å². The number of fused-ring (bicyclic) bond motifs is 1. The van der Waals surface area contributed by atoms with Gasteiger partial charge < -0.3 is 14.6 Å². The Bertz CT molecular complexity index is 1160. The average Bonchev–Trinajstić information content (AvgIpc) is 3.41. The van der Waals surface area contributed by atoms with Crippen molar-refractivity contribution in [2.24, 2.45) is 0 Å². The molecule has 0 aliphatic heterocycles. The van der Waals surface area contributed by atoms with Crippen molar-refractivity contribution in [3.8, 4) is 5.75 Å². The van der Waals surface area contributed by atoms with Gasteiger partial charge in [-0.3, -0.25) is 4.79 Å². The molecule has 0 spiro atoms. The molecule has 0 unspecified atom stereocenters. The smallest absolute Gasteiger partial charge is 0.261 e. The molecule has 1 amide bonds. The van der Waals surface area contributed by atoms with Crippen LogP contribution in [0, 0.1) is 13.8 Å². The first-order valence-corrected chi connectivity index (χ1v) is 11.5. The van der Waals surface area contributed by atoms with E-state index in [9.17, 15) is 4.79 Å². The van der Waals surface area contributed by atoms with Crippen molar-refractivity contribution in [3.63, 3.8) is 0 Å². The molecule has 0 aliphatic carbocycles. The third-order valence-corrected chi connectivity index (χ3v) is 6.11. The normalized spacial score (nSPS) is 11.0. The van der Waals surface area contributed by atoms with E-state index in [-0.39, 0.29) is 5.91 Å². The molecule has 4 aromatic rings. The number of imidazole rings is 1. The van der Waals surface area contributed by atoms with E-state index in [1.54, 1.807) is 0 Å². The van der Waals surface area contributed by atoms with E-state index in [1.807, 2.05) is 41.8 Å². The fourth-order valence-electron chi connectivity index (χ4n) is 3.72. The number of carbonyl (C=O) groups excluding carboxylic acids is 1. The van der Waals surface area contributed by atoms with Gasteiger partial charge in [-0.25, -0.2) is 4.98 Å². The van der Waals surface area contributed by atoms with Gasteiger partial charge in [0.05, 0.1) is 22.5 Å². The molecular weight excluding hydrogens is 406 g/mol. The van der Waals surface area contributed by atoms with Gasteiger partial charge >= 0.3 is 0 Å². The Morgan fingerprint density at radius 2 is 2.00 bits per heavy atom. The number of nitrogens with one attached hydrogen (secondary N) is 1. The lowest BCUT2D eigenvalue weighted by atomic mass is 10.1. The summed E-state index contributed by atoms with van der Waals surface area (Å²) >= 11 is 1.46. The molecule has 1 N–H and O–H groups in total. The van der Waals surface area contributed by atoms with Gasteiger partial charge in [0, 0.05) is 13.0 Å². The van der Waals surface area contributed by atoms with Crippen LogP contribution in [0.25, 0.3) is 11.0 Å². The highest BCUT2D eigenvalue weighted by Crippen LogP contribution is 2.20. The Kier molecular flexibility index (Phi) is 6.67. The summed E-state index contributed by atoms with van der Waals surface area (Å²) in [4.78, 5) is 17.7. The minimum absolute atomic E-state index is 0.00892. The number of rotatable bonds is 9. The lowest BCUT2D eigenvalue weighted by Crippen LogP contribution is -2.24. The van der Waals surface area contributed by atoms with E-state index < -0.39 is 0 Å². The number of hydrogen-bond donors (Lipinski definition) is 1. The summed E-state index contributed by atoms with van der Waals surface area (Å²) in [7, 11) is 0. The first-order chi connectivity index (χ1) is 15.1. The maximum atomic E-state index is 12.1. The van der Waals surface area contributed by atoms with E-state index in [0.29, 0.717) is 13.2 Å². The van der Waals surface area contributed by atoms with E-state index in [1.165, 1.54) is 16.9 Å². The molecule has 0 saturated carbocycles. The summed E-state index contributed by atoms with van der Waals surface area (Å²) in [6.07, 6.45) is 1.63. The van der Waals surface area contributed by atoms with Crippen molar-refractivity contribution in [2.45, 2.75) is 33.2 Å². The third-order valence-electron chi connectivity index (χ3n) is 5.24. The van der Waals surface area contributed by atoms with Crippen LogP contribution in [0.2, 0.25) is 0 Å². The predicted octanol–water partition coefficient (Wildman–Crippen LogP) is 5.16. The first kappa shape index (κ1) is 21.1. The third kappa shape index (κ3) is 5.14. The van der Waals surface area contributed by atoms with Crippen molar-refractivity contribution < 1.29 is 9.53 Å². The molecule has 2 heterocycles. The van der Waals surface area contributed by atoms with Gasteiger partial charge in [-0.1, -0.05) is 35.9 Å². The molecule has 2 aromatic heterocycles. The zero-order valence-corrected chi connectivity index (χ0v) is 18.7. The van der Waals surface area contributed by atoms with Crippen LogP contribution in [0.15, 0.2) is 60.0 Å². The first-order valence-electron chi connectivity index (χ1n) is 10.6. The predicted molar refractivity (Wildman–Crippen MR) is 126 cm³/mol. The number of para-hydroxylation sites is 2. The SMILES string of the molecule is Cc1ccc(OCCn2c(CCCNC(=O)c3cccs3)nc3ccccc32)c(C)c1. The van der Waals surface area contributed by atoms with Crippen LogP contribution >= 0.6 is 11.3 Å². The molecule has 0 saturated heterocycles. The van der Waals surface area contributed by atoms with Crippen LogP contribution in [0.1, 0.15) is 33.0 Å². The van der Waals surface area contributed by atoms with Crippen molar-refractivity contribution in [2.75, 3.05) is 13.2 Å². The van der Waals surface area contributed by atoms with Gasteiger partial charge in [-0.05, 0) is 55.5 Å². The summed E-state index contributed by atoms with van der Waals surface area (Å²) in [5, 5.41) is 4.91. The molecule has 2 aromatic carbocycles. The molecule has 0 fully saturated rings. The summed E-state index contributed by atoms with van der Waals surface area (Å²) in [5.41, 5.74) is 4.49. The summed E-state index contributed by atoms with van der Waals surface area (Å²) in [5.74, 6) is 1.94. The molecular formula is C25H27N3O2S. The lowest BCUT2D eigenvalue weighted by Gasteiger charge is -2.13. The molecule has 6 heteroatoms. The fraction of sp³-hybridized carbons (Fsp3) is 0.280. The van der Waals surface area contributed by atoms with Gasteiger partial charge in [-0.2, -0.15) is 0 Å². The highest BCUT2D eigenvalue weighted by atomic mass is 32.1. The maximum absolute atomic E-state index is 12.1. The number of carbonyl (C=O) groups is 1. The number of aryl methyl sites for hydroxylation is 3. The Morgan fingerprint density at radius 1 is 1.13 bits per heavy atom. The number of amides is 1. The molecule has 0 radical (unpaired) electrons. The van der Waals surface area contributed by atoms with E-state index >= 15 is 0 Å². The second-order valence-electron chi connectivity index (χ2n) is 7.62. The van der Waals surface area contributed by atoms with Crippen LogP contribution in [-0.2, 0) is 13.0 Å². The molecule has 160 valence electrons. The summed E-state index contributed by atoms with van der Waals surface area (Å²) in [6.45, 7) is 6.09. The van der Waals surface area contributed by atoms with Crippen molar-refractivity contribution in [1.29, 1.82) is 0 Å². The minimum Gasteiger partial charge on any atom is -0.491 e. The van der Waals surface area contributed by atoms with Crippen LogP contribution in [0.3, 0.4) is 0 Å². The topological polar surface area (TPSA) is 56.1 Å². The number of nitrogens with zero attached hydrogens (tertiary/aromatic N) is 2. The highest BCUT2D eigenvalue weighted by Gasteiger charge is 2.11. The van der Waals surface area contributed by atoms with Gasteiger partial charge in [0.1, 0.15) is 18.2 Å². The van der Waals surface area contributed by atoms with Crippen molar-refractivity contribution >= 4 is 28.3 Å². The van der Waals surface area contributed by atoms with E-state index in [2.05, 4.69) is 41.9 Å². The number of ether oxygens (including phenoxy) is 1. The second-order valence-corrected chi connectivity index (χ2v) is 8.57. The van der Waals surface area contributed by atoms with Crippen LogP contribution < -0.4 is 10.1 Å². The second kappa shape index (κ2) is 9.79. The number of hydrogen-bond acceptors (Lipinski definition) is 4. The number of thiophene rings is 1. The molecule has 31 heavy (non-hydrogen) atoms. The quantitative estimate of drug-likeness (QED) is 0.371. The van der Waals surface area contributed by atoms with Crippen LogP contribution in [-0.4, -0.2) is 28.6 Å². The molecule has 0 aliphatic rings. The minimum atomic E-state index is -0.00892. The molecule has 0 atom stereocenters. The standard InChI is InChI=1S/C25H27N3O2S/c1-18-11-12-22(19(2)17-18)30-15-14-28-21-8-4-3-7-20(21)27-24(28)10-5-13-26-25(29)23-9-6-16-31-23/h3-4,6-9,11-12,16-17H,5,10,13-15H2,1-2H3,(H,26,29). The Hall–Kier alpha value is -3.12. The summed E-state index contributed by atoms with van der Waals surface area (Å²) < 4.78 is 8.30. The largest absolute Gasteiger partial charge is 0.491 e. The monoisotopic (exact) mass is 433 g/mol. The van der Waals surface area contributed by atoms with Gasteiger partial charge in [0.2, 0.25) is 0 Å². The fourth-order valence-corrected chi connectivity index (χ4v) is 4.36. The highest BCUT2D eigenvalue weighted by molar-refractivity contribution is 7.12. The molecule has 4 rings (SSSR count). The zero-order chi connectivity index (χ0) is 21.6. The maximum Gasteiger partial charge on any atom is 0.261 e. The van der Waals surface area contributed by atoms with Crippen molar-refractivity contribution in [1.82, 2.24) is 14.9 Å². The van der Waals surface area contributed by atoms with Gasteiger partial charge in [0.15, 0.2) is 0 Å². The van der Waals surface area contributed by atoms with Crippen LogP contribution in [0.4, 0.5) is 0 Å². The van der Waals surface area contributed by atoms with Gasteiger partial charge in [-0.15, -0.1) is 11.3 Å². The van der Waals surface area contributed by atoms with E-state index in [4.69, 9.17) is 9.72 Å². The Labute approximate surface area is 186 Å². The van der Waals surface area contributed by atoms with Crippen LogP contribution in [0.5, 0.6) is 5.75 Å². The van der Waals surface area contributed by atoms with E-state index in [0.717, 1.165) is 52.4 Å².